The molecule has 0 unspecified atom stereocenters. The molecule has 7 heteroatoms. The van der Waals surface area contributed by atoms with Gasteiger partial charge in [-0.1, -0.05) is 13.3 Å². The molecule has 0 amide bonds. The van der Waals surface area contributed by atoms with Gasteiger partial charge in [0, 0.05) is 0 Å². The Balaban J connectivity index is 2.15. The van der Waals surface area contributed by atoms with Crippen molar-refractivity contribution < 1.29 is 9.47 Å². The lowest BCUT2D eigenvalue weighted by molar-refractivity contribution is 0.272. The molecule has 1 heterocycles. The smallest absolute Gasteiger partial charge is 0.216 e. The standard InChI is InChI=1S/C15H20N4O2S/c1-3-5-8-21-13-7-6-12(9-14(13)20-4-2)10-17-19-11-16-18-15(19)22/h6-7,9-11H,3-5,8H2,1-2H3,(H,18,22)/b17-10+. The third kappa shape index (κ3) is 4.42. The summed E-state index contributed by atoms with van der Waals surface area (Å²) in [5.74, 6) is 1.48. The third-order valence-corrected chi connectivity index (χ3v) is 3.17. The maximum Gasteiger partial charge on any atom is 0.216 e. The van der Waals surface area contributed by atoms with Crippen molar-refractivity contribution in [2.75, 3.05) is 13.2 Å². The van der Waals surface area contributed by atoms with Crippen molar-refractivity contribution in [3.05, 3.63) is 34.9 Å². The SMILES string of the molecule is CCCCOc1ccc(/C=N/n2cn[nH]c2=S)cc1OCC. The average molecular weight is 320 g/mol. The van der Waals surface area contributed by atoms with Crippen molar-refractivity contribution in [2.45, 2.75) is 26.7 Å². The van der Waals surface area contributed by atoms with Gasteiger partial charge in [0.25, 0.3) is 0 Å². The number of aromatic nitrogens is 3. The highest BCUT2D eigenvalue weighted by molar-refractivity contribution is 7.71. The molecule has 0 spiro atoms. The van der Waals surface area contributed by atoms with Gasteiger partial charge in [-0.25, -0.2) is 0 Å². The first-order chi connectivity index (χ1) is 10.7. The second-order valence-corrected chi connectivity index (χ2v) is 4.98. The van der Waals surface area contributed by atoms with Gasteiger partial charge in [-0.15, -0.1) is 0 Å². The summed E-state index contributed by atoms with van der Waals surface area (Å²) >= 11 is 5.03. The molecule has 0 saturated carbocycles. The lowest BCUT2D eigenvalue weighted by atomic mass is 10.2. The van der Waals surface area contributed by atoms with E-state index in [-0.39, 0.29) is 0 Å². The Hall–Kier alpha value is -2.15. The van der Waals surface area contributed by atoms with Gasteiger partial charge in [0.1, 0.15) is 6.33 Å². The molecule has 0 aliphatic rings. The van der Waals surface area contributed by atoms with Gasteiger partial charge >= 0.3 is 0 Å². The van der Waals surface area contributed by atoms with E-state index in [4.69, 9.17) is 21.7 Å². The molecule has 0 atom stereocenters. The van der Waals surface area contributed by atoms with Crippen LogP contribution in [0.5, 0.6) is 11.5 Å². The summed E-state index contributed by atoms with van der Waals surface area (Å²) in [6.07, 6.45) is 5.34. The van der Waals surface area contributed by atoms with Crippen LogP contribution in [0.2, 0.25) is 0 Å². The number of benzene rings is 1. The molecular weight excluding hydrogens is 300 g/mol. The fourth-order valence-electron chi connectivity index (χ4n) is 1.77. The van der Waals surface area contributed by atoms with E-state index in [1.165, 1.54) is 11.0 Å². The summed E-state index contributed by atoms with van der Waals surface area (Å²) < 4.78 is 13.3. The maximum absolute atomic E-state index is 5.75. The molecule has 2 rings (SSSR count). The van der Waals surface area contributed by atoms with Crippen molar-refractivity contribution in [1.82, 2.24) is 14.9 Å². The highest BCUT2D eigenvalue weighted by Gasteiger charge is 2.05. The lowest BCUT2D eigenvalue weighted by Gasteiger charge is -2.12. The number of H-pyrrole nitrogens is 1. The summed E-state index contributed by atoms with van der Waals surface area (Å²) in [6, 6.07) is 5.73. The molecule has 0 fully saturated rings. The van der Waals surface area contributed by atoms with Gasteiger partial charge in [-0.3, -0.25) is 5.10 Å². The first-order valence-corrected chi connectivity index (χ1v) is 7.71. The van der Waals surface area contributed by atoms with Crippen molar-refractivity contribution in [3.8, 4) is 11.5 Å². The van der Waals surface area contributed by atoms with E-state index >= 15 is 0 Å². The predicted octanol–water partition coefficient (Wildman–Crippen LogP) is 3.40. The van der Waals surface area contributed by atoms with Crippen LogP contribution in [-0.4, -0.2) is 34.3 Å². The minimum Gasteiger partial charge on any atom is -0.490 e. The molecule has 1 N–H and O–H groups in total. The number of aromatic amines is 1. The molecule has 0 radical (unpaired) electrons. The van der Waals surface area contributed by atoms with Crippen LogP contribution in [0.3, 0.4) is 0 Å². The predicted molar refractivity (Wildman–Crippen MR) is 88.4 cm³/mol. The second kappa shape index (κ2) is 8.33. The monoisotopic (exact) mass is 320 g/mol. The van der Waals surface area contributed by atoms with E-state index < -0.39 is 0 Å². The molecule has 1 aromatic carbocycles. The quantitative estimate of drug-likeness (QED) is 0.460. The van der Waals surface area contributed by atoms with Crippen LogP contribution in [0.1, 0.15) is 32.3 Å². The van der Waals surface area contributed by atoms with Gasteiger partial charge in [-0.2, -0.15) is 14.9 Å². The van der Waals surface area contributed by atoms with Gasteiger partial charge in [-0.05, 0) is 49.3 Å². The van der Waals surface area contributed by atoms with Crippen LogP contribution >= 0.6 is 12.2 Å². The zero-order valence-electron chi connectivity index (χ0n) is 12.8. The number of rotatable bonds is 8. The normalized spacial score (nSPS) is 11.0. The highest BCUT2D eigenvalue weighted by atomic mass is 32.1. The molecule has 22 heavy (non-hydrogen) atoms. The van der Waals surface area contributed by atoms with Gasteiger partial charge < -0.3 is 9.47 Å². The Bertz CT molecular complexity index is 678. The Morgan fingerprint density at radius 3 is 2.86 bits per heavy atom. The summed E-state index contributed by atoms with van der Waals surface area (Å²) in [4.78, 5) is 0. The lowest BCUT2D eigenvalue weighted by Crippen LogP contribution is -2.01. The van der Waals surface area contributed by atoms with E-state index in [0.717, 1.165) is 29.9 Å². The first kappa shape index (κ1) is 16.2. The van der Waals surface area contributed by atoms with Crippen LogP contribution in [0.4, 0.5) is 0 Å². The largest absolute Gasteiger partial charge is 0.490 e. The van der Waals surface area contributed by atoms with Crippen molar-refractivity contribution >= 4 is 18.4 Å². The number of ether oxygens (including phenoxy) is 2. The molecule has 0 bridgehead atoms. The molecule has 118 valence electrons. The molecule has 2 aromatic rings. The fourth-order valence-corrected chi connectivity index (χ4v) is 1.92. The number of hydrogen-bond acceptors (Lipinski definition) is 5. The van der Waals surface area contributed by atoms with E-state index in [1.54, 1.807) is 6.21 Å². The van der Waals surface area contributed by atoms with E-state index in [2.05, 4.69) is 22.2 Å². The average Bonchev–Trinajstić information content (AvgIpc) is 2.93. The first-order valence-electron chi connectivity index (χ1n) is 7.30. The van der Waals surface area contributed by atoms with E-state index in [1.807, 2.05) is 25.1 Å². The maximum atomic E-state index is 5.75. The van der Waals surface area contributed by atoms with Crippen LogP contribution < -0.4 is 9.47 Å². The second-order valence-electron chi connectivity index (χ2n) is 4.59. The van der Waals surface area contributed by atoms with Crippen LogP contribution in [-0.2, 0) is 0 Å². The summed E-state index contributed by atoms with van der Waals surface area (Å²) in [6.45, 7) is 5.35. The Labute approximate surface area is 134 Å². The zero-order valence-corrected chi connectivity index (χ0v) is 13.6. The molecular formula is C15H20N4O2S. The summed E-state index contributed by atoms with van der Waals surface area (Å²) in [7, 11) is 0. The molecule has 6 nitrogen and oxygen atoms in total. The van der Waals surface area contributed by atoms with Crippen LogP contribution in [0, 0.1) is 4.77 Å². The summed E-state index contributed by atoms with van der Waals surface area (Å²) in [5.41, 5.74) is 0.898. The Kier molecular flexibility index (Phi) is 6.14. The number of nitrogens with one attached hydrogen (secondary N) is 1. The van der Waals surface area contributed by atoms with Crippen LogP contribution in [0.25, 0.3) is 0 Å². The van der Waals surface area contributed by atoms with Crippen molar-refractivity contribution in [1.29, 1.82) is 0 Å². The minimum absolute atomic E-state index is 0.445. The highest BCUT2D eigenvalue weighted by Crippen LogP contribution is 2.28. The Morgan fingerprint density at radius 1 is 1.32 bits per heavy atom. The fraction of sp³-hybridized carbons (Fsp3) is 0.400. The van der Waals surface area contributed by atoms with Gasteiger partial charge in [0.2, 0.25) is 4.77 Å². The molecule has 0 saturated heterocycles. The van der Waals surface area contributed by atoms with E-state index in [9.17, 15) is 0 Å². The Morgan fingerprint density at radius 2 is 2.18 bits per heavy atom. The molecule has 0 aliphatic heterocycles. The van der Waals surface area contributed by atoms with Crippen molar-refractivity contribution in [2.24, 2.45) is 5.10 Å². The van der Waals surface area contributed by atoms with Gasteiger partial charge in [0.15, 0.2) is 11.5 Å². The topological polar surface area (TPSA) is 64.4 Å². The molecule has 0 aliphatic carbocycles. The summed E-state index contributed by atoms with van der Waals surface area (Å²) in [5, 5.41) is 10.7. The van der Waals surface area contributed by atoms with Crippen LogP contribution in [0.15, 0.2) is 29.6 Å². The minimum atomic E-state index is 0.445. The number of unbranched alkanes of at least 4 members (excludes halogenated alkanes) is 1. The third-order valence-electron chi connectivity index (χ3n) is 2.89. The molecule has 1 aromatic heterocycles. The zero-order chi connectivity index (χ0) is 15.8. The number of nitrogens with zero attached hydrogens (tertiary/aromatic N) is 3. The van der Waals surface area contributed by atoms with E-state index in [0.29, 0.717) is 18.0 Å². The number of hydrogen-bond donors (Lipinski definition) is 1. The van der Waals surface area contributed by atoms with Gasteiger partial charge in [0.05, 0.1) is 19.4 Å². The van der Waals surface area contributed by atoms with Crippen molar-refractivity contribution in [3.63, 3.8) is 0 Å².